The van der Waals surface area contributed by atoms with Crippen molar-refractivity contribution in [2.75, 3.05) is 6.54 Å². The zero-order valence-electron chi connectivity index (χ0n) is 10.6. The SMILES string of the molecule is CC1CCC(C(N)=O)CN1C(=O)C(C)(C)C. The lowest BCUT2D eigenvalue weighted by atomic mass is 9.88. The zero-order chi connectivity index (χ0) is 12.5. The lowest BCUT2D eigenvalue weighted by molar-refractivity contribution is -0.145. The van der Waals surface area contributed by atoms with Crippen LogP contribution in [0.3, 0.4) is 0 Å². The molecule has 2 atom stereocenters. The number of nitrogens with two attached hydrogens (primary N) is 1. The molecule has 1 saturated heterocycles. The number of nitrogens with zero attached hydrogens (tertiary/aromatic N) is 1. The van der Waals surface area contributed by atoms with E-state index in [0.29, 0.717) is 6.54 Å². The Kier molecular flexibility index (Phi) is 3.61. The van der Waals surface area contributed by atoms with E-state index in [1.807, 2.05) is 27.7 Å². The summed E-state index contributed by atoms with van der Waals surface area (Å²) < 4.78 is 0. The number of primary amides is 1. The van der Waals surface area contributed by atoms with Crippen molar-refractivity contribution in [1.82, 2.24) is 4.90 Å². The Bertz CT molecular complexity index is 294. The van der Waals surface area contributed by atoms with E-state index in [1.165, 1.54) is 0 Å². The van der Waals surface area contributed by atoms with Crippen LogP contribution in [0.1, 0.15) is 40.5 Å². The monoisotopic (exact) mass is 226 g/mol. The van der Waals surface area contributed by atoms with Gasteiger partial charge in [-0.25, -0.2) is 0 Å². The Morgan fingerprint density at radius 1 is 1.25 bits per heavy atom. The molecule has 4 heteroatoms. The van der Waals surface area contributed by atoms with E-state index in [-0.39, 0.29) is 23.8 Å². The molecule has 2 unspecified atom stereocenters. The lowest BCUT2D eigenvalue weighted by Crippen LogP contribution is -2.51. The molecule has 1 aliphatic heterocycles. The van der Waals surface area contributed by atoms with Gasteiger partial charge < -0.3 is 10.6 Å². The number of carbonyl (C=O) groups excluding carboxylic acids is 2. The average Bonchev–Trinajstić information content (AvgIpc) is 2.15. The van der Waals surface area contributed by atoms with Crippen LogP contribution in [0.25, 0.3) is 0 Å². The van der Waals surface area contributed by atoms with Crippen LogP contribution in [0.15, 0.2) is 0 Å². The Balaban J connectivity index is 2.78. The fourth-order valence-electron chi connectivity index (χ4n) is 2.05. The van der Waals surface area contributed by atoms with Crippen molar-refractivity contribution < 1.29 is 9.59 Å². The molecular weight excluding hydrogens is 204 g/mol. The molecule has 2 amide bonds. The van der Waals surface area contributed by atoms with Crippen LogP contribution in [0.4, 0.5) is 0 Å². The second-order valence-corrected chi connectivity index (χ2v) is 5.73. The zero-order valence-corrected chi connectivity index (χ0v) is 10.6. The highest BCUT2D eigenvalue weighted by Gasteiger charge is 2.36. The van der Waals surface area contributed by atoms with E-state index in [4.69, 9.17) is 5.73 Å². The fourth-order valence-corrected chi connectivity index (χ4v) is 2.05. The first-order chi connectivity index (χ1) is 7.23. The van der Waals surface area contributed by atoms with Gasteiger partial charge in [0.2, 0.25) is 11.8 Å². The summed E-state index contributed by atoms with van der Waals surface area (Å²) in [7, 11) is 0. The summed E-state index contributed by atoms with van der Waals surface area (Å²) in [6.45, 7) is 8.20. The molecule has 0 aliphatic carbocycles. The number of rotatable bonds is 1. The van der Waals surface area contributed by atoms with Crippen LogP contribution in [-0.4, -0.2) is 29.3 Å². The summed E-state index contributed by atoms with van der Waals surface area (Å²) in [5.74, 6) is -0.368. The van der Waals surface area contributed by atoms with E-state index in [0.717, 1.165) is 12.8 Å². The predicted molar refractivity (Wildman–Crippen MR) is 62.5 cm³/mol. The first-order valence-electron chi connectivity index (χ1n) is 5.84. The third-order valence-electron chi connectivity index (χ3n) is 3.19. The molecule has 0 aromatic heterocycles. The third-order valence-corrected chi connectivity index (χ3v) is 3.19. The van der Waals surface area contributed by atoms with Gasteiger partial charge in [-0.1, -0.05) is 20.8 Å². The molecule has 16 heavy (non-hydrogen) atoms. The Hall–Kier alpha value is -1.06. The molecule has 4 nitrogen and oxygen atoms in total. The summed E-state index contributed by atoms with van der Waals surface area (Å²) in [4.78, 5) is 25.1. The molecule has 0 radical (unpaired) electrons. The van der Waals surface area contributed by atoms with Crippen LogP contribution in [0.5, 0.6) is 0 Å². The summed E-state index contributed by atoms with van der Waals surface area (Å²) in [5.41, 5.74) is 4.91. The normalized spacial score (nSPS) is 26.6. The maximum Gasteiger partial charge on any atom is 0.228 e. The molecule has 0 aromatic rings. The number of likely N-dealkylation sites (tertiary alicyclic amines) is 1. The van der Waals surface area contributed by atoms with Gasteiger partial charge in [-0.15, -0.1) is 0 Å². The molecule has 0 aromatic carbocycles. The molecule has 2 N–H and O–H groups in total. The highest BCUT2D eigenvalue weighted by molar-refractivity contribution is 5.83. The minimum Gasteiger partial charge on any atom is -0.369 e. The van der Waals surface area contributed by atoms with Gasteiger partial charge >= 0.3 is 0 Å². The van der Waals surface area contributed by atoms with Gasteiger partial charge in [0.1, 0.15) is 0 Å². The second kappa shape index (κ2) is 4.44. The van der Waals surface area contributed by atoms with E-state index in [9.17, 15) is 9.59 Å². The van der Waals surface area contributed by atoms with Gasteiger partial charge in [0.25, 0.3) is 0 Å². The molecule has 0 spiro atoms. The van der Waals surface area contributed by atoms with Crippen LogP contribution in [0, 0.1) is 11.3 Å². The van der Waals surface area contributed by atoms with Crippen molar-refractivity contribution in [3.05, 3.63) is 0 Å². The highest BCUT2D eigenvalue weighted by Crippen LogP contribution is 2.27. The van der Waals surface area contributed by atoms with Gasteiger partial charge in [0.15, 0.2) is 0 Å². The maximum atomic E-state index is 12.2. The molecule has 92 valence electrons. The van der Waals surface area contributed by atoms with Crippen LogP contribution in [0.2, 0.25) is 0 Å². The molecule has 1 fully saturated rings. The molecule has 0 saturated carbocycles. The number of amides is 2. The standard InChI is InChI=1S/C12H22N2O2/c1-8-5-6-9(10(13)15)7-14(8)11(16)12(2,3)4/h8-9H,5-7H2,1-4H3,(H2,13,15). The summed E-state index contributed by atoms with van der Waals surface area (Å²) >= 11 is 0. The number of hydrogen-bond acceptors (Lipinski definition) is 2. The Morgan fingerprint density at radius 3 is 2.25 bits per heavy atom. The molecule has 1 heterocycles. The van der Waals surface area contributed by atoms with Gasteiger partial charge in [-0.3, -0.25) is 9.59 Å². The van der Waals surface area contributed by atoms with Crippen molar-refractivity contribution in [3.63, 3.8) is 0 Å². The van der Waals surface area contributed by atoms with Gasteiger partial charge in [-0.2, -0.15) is 0 Å². The van der Waals surface area contributed by atoms with Gasteiger partial charge in [-0.05, 0) is 19.8 Å². The average molecular weight is 226 g/mol. The maximum absolute atomic E-state index is 12.2. The summed E-state index contributed by atoms with van der Waals surface area (Å²) in [5, 5.41) is 0. The molecular formula is C12H22N2O2. The van der Waals surface area contributed by atoms with Crippen molar-refractivity contribution in [2.24, 2.45) is 17.1 Å². The smallest absolute Gasteiger partial charge is 0.228 e. The Labute approximate surface area is 97.2 Å². The van der Waals surface area contributed by atoms with E-state index in [1.54, 1.807) is 4.90 Å². The van der Waals surface area contributed by atoms with Crippen LogP contribution >= 0.6 is 0 Å². The number of carbonyl (C=O) groups is 2. The molecule has 0 bridgehead atoms. The largest absolute Gasteiger partial charge is 0.369 e. The van der Waals surface area contributed by atoms with E-state index in [2.05, 4.69) is 0 Å². The minimum atomic E-state index is -0.395. The quantitative estimate of drug-likeness (QED) is 0.729. The Morgan fingerprint density at radius 2 is 1.81 bits per heavy atom. The van der Waals surface area contributed by atoms with Crippen molar-refractivity contribution in [2.45, 2.75) is 46.6 Å². The van der Waals surface area contributed by atoms with Crippen molar-refractivity contribution in [1.29, 1.82) is 0 Å². The first-order valence-corrected chi connectivity index (χ1v) is 5.84. The van der Waals surface area contributed by atoms with Crippen molar-refractivity contribution >= 4 is 11.8 Å². The van der Waals surface area contributed by atoms with E-state index >= 15 is 0 Å². The second-order valence-electron chi connectivity index (χ2n) is 5.73. The molecule has 1 aliphatic rings. The predicted octanol–water partition coefficient (Wildman–Crippen LogP) is 1.14. The lowest BCUT2D eigenvalue weighted by Gasteiger charge is -2.40. The van der Waals surface area contributed by atoms with Crippen LogP contribution < -0.4 is 5.73 Å². The van der Waals surface area contributed by atoms with Gasteiger partial charge in [0.05, 0.1) is 5.92 Å². The summed E-state index contributed by atoms with van der Waals surface area (Å²) in [6.07, 6.45) is 1.65. The molecule has 1 rings (SSSR count). The number of hydrogen-bond donors (Lipinski definition) is 1. The van der Waals surface area contributed by atoms with Crippen molar-refractivity contribution in [3.8, 4) is 0 Å². The summed E-state index contributed by atoms with van der Waals surface area (Å²) in [6, 6.07) is 0.210. The fraction of sp³-hybridized carbons (Fsp3) is 0.833. The van der Waals surface area contributed by atoms with E-state index < -0.39 is 5.41 Å². The van der Waals surface area contributed by atoms with Crippen LogP contribution in [-0.2, 0) is 9.59 Å². The minimum absolute atomic E-state index is 0.103. The first kappa shape index (κ1) is 13.0. The third kappa shape index (κ3) is 2.74. The number of piperidine rings is 1. The highest BCUT2D eigenvalue weighted by atomic mass is 16.2. The topological polar surface area (TPSA) is 63.4 Å². The van der Waals surface area contributed by atoms with Gasteiger partial charge in [0, 0.05) is 18.0 Å².